The summed E-state index contributed by atoms with van der Waals surface area (Å²) in [6, 6.07) is 26.7. The molecule has 0 unspecified atom stereocenters. The third-order valence-electron chi connectivity index (χ3n) is 4.23. The Morgan fingerprint density at radius 2 is 1.30 bits per heavy atom. The van der Waals surface area contributed by atoms with Crippen molar-refractivity contribution < 1.29 is 9.59 Å². The van der Waals surface area contributed by atoms with E-state index in [9.17, 15) is 9.59 Å². The molecule has 3 aromatic carbocycles. The molecule has 0 spiro atoms. The highest BCUT2D eigenvalue weighted by atomic mass is 16.2. The lowest BCUT2D eigenvalue weighted by Crippen LogP contribution is -2.22. The molecule has 0 aliphatic carbocycles. The third-order valence-corrected chi connectivity index (χ3v) is 4.23. The number of carbonyl (C=O) groups is 2. The standard InChI is InChI=1S/C24H24N4O2/c1-18(27-28-24(30)17-19-8-4-2-5-9-19)16-23(29)26-22-14-12-21(13-15-22)25-20-10-6-3-7-11-20/h2-15,25H,16-17H2,1H3,(H,26,29)(H,28,30). The van der Waals surface area contributed by atoms with Gasteiger partial charge in [-0.25, -0.2) is 5.43 Å². The van der Waals surface area contributed by atoms with E-state index in [0.29, 0.717) is 11.4 Å². The minimum Gasteiger partial charge on any atom is -0.356 e. The molecule has 0 radical (unpaired) electrons. The van der Waals surface area contributed by atoms with Crippen LogP contribution in [0.5, 0.6) is 0 Å². The van der Waals surface area contributed by atoms with E-state index in [1.54, 1.807) is 6.92 Å². The number of para-hydroxylation sites is 1. The van der Waals surface area contributed by atoms with Gasteiger partial charge in [0, 0.05) is 22.8 Å². The fourth-order valence-corrected chi connectivity index (χ4v) is 2.78. The number of nitrogens with zero attached hydrogens (tertiary/aromatic N) is 1. The topological polar surface area (TPSA) is 82.6 Å². The van der Waals surface area contributed by atoms with Crippen LogP contribution in [0.4, 0.5) is 17.1 Å². The van der Waals surface area contributed by atoms with Crippen molar-refractivity contribution >= 4 is 34.6 Å². The van der Waals surface area contributed by atoms with Gasteiger partial charge in [-0.1, -0.05) is 48.5 Å². The van der Waals surface area contributed by atoms with Crippen LogP contribution in [-0.4, -0.2) is 17.5 Å². The van der Waals surface area contributed by atoms with Gasteiger partial charge in [-0.15, -0.1) is 0 Å². The van der Waals surface area contributed by atoms with Crippen LogP contribution < -0.4 is 16.1 Å². The molecule has 0 saturated heterocycles. The van der Waals surface area contributed by atoms with E-state index >= 15 is 0 Å². The summed E-state index contributed by atoms with van der Waals surface area (Å²) in [7, 11) is 0. The summed E-state index contributed by atoms with van der Waals surface area (Å²) in [5, 5.41) is 10.1. The second-order valence-corrected chi connectivity index (χ2v) is 6.84. The Labute approximate surface area is 176 Å². The van der Waals surface area contributed by atoms with Crippen LogP contribution in [0.25, 0.3) is 0 Å². The maximum absolute atomic E-state index is 12.2. The normalized spacial score (nSPS) is 10.9. The largest absolute Gasteiger partial charge is 0.356 e. The maximum Gasteiger partial charge on any atom is 0.244 e. The molecular weight excluding hydrogens is 376 g/mol. The van der Waals surface area contributed by atoms with Gasteiger partial charge in [-0.3, -0.25) is 9.59 Å². The molecule has 6 heteroatoms. The molecule has 3 aromatic rings. The number of anilines is 3. The van der Waals surface area contributed by atoms with Gasteiger partial charge < -0.3 is 10.6 Å². The number of hydrazone groups is 1. The highest BCUT2D eigenvalue weighted by Crippen LogP contribution is 2.18. The first-order chi connectivity index (χ1) is 14.6. The smallest absolute Gasteiger partial charge is 0.244 e. The zero-order chi connectivity index (χ0) is 21.2. The number of carbonyl (C=O) groups excluding carboxylic acids is 2. The predicted molar refractivity (Wildman–Crippen MR) is 121 cm³/mol. The summed E-state index contributed by atoms with van der Waals surface area (Å²) in [4.78, 5) is 24.1. The maximum atomic E-state index is 12.2. The van der Waals surface area contributed by atoms with Crippen LogP contribution in [0.15, 0.2) is 90.0 Å². The number of hydrogen-bond donors (Lipinski definition) is 3. The minimum absolute atomic E-state index is 0.0929. The van der Waals surface area contributed by atoms with Crippen molar-refractivity contribution in [3.63, 3.8) is 0 Å². The SMILES string of the molecule is CC(CC(=O)Nc1ccc(Nc2ccccc2)cc1)=NNC(=O)Cc1ccccc1. The van der Waals surface area contributed by atoms with E-state index in [2.05, 4.69) is 21.2 Å². The van der Waals surface area contributed by atoms with Crippen molar-refractivity contribution in [2.24, 2.45) is 5.10 Å². The van der Waals surface area contributed by atoms with Crippen LogP contribution in [-0.2, 0) is 16.0 Å². The van der Waals surface area contributed by atoms with E-state index in [1.807, 2.05) is 84.9 Å². The van der Waals surface area contributed by atoms with Crippen LogP contribution in [0.2, 0.25) is 0 Å². The van der Waals surface area contributed by atoms with Gasteiger partial charge in [0.05, 0.1) is 12.8 Å². The number of nitrogens with one attached hydrogen (secondary N) is 3. The Morgan fingerprint density at radius 1 is 0.733 bits per heavy atom. The molecular formula is C24H24N4O2. The first-order valence-corrected chi connectivity index (χ1v) is 9.66. The van der Waals surface area contributed by atoms with Crippen molar-refractivity contribution in [2.45, 2.75) is 19.8 Å². The molecule has 0 heterocycles. The number of rotatable bonds is 8. The molecule has 0 bridgehead atoms. The summed E-state index contributed by atoms with van der Waals surface area (Å²) in [5.41, 5.74) is 6.54. The molecule has 0 fully saturated rings. The Hall–Kier alpha value is -3.93. The van der Waals surface area contributed by atoms with Gasteiger partial charge in [-0.05, 0) is 48.9 Å². The minimum atomic E-state index is -0.220. The van der Waals surface area contributed by atoms with Crippen molar-refractivity contribution in [1.82, 2.24) is 5.43 Å². The lowest BCUT2D eigenvalue weighted by molar-refractivity contribution is -0.120. The second kappa shape index (κ2) is 10.6. The number of amides is 2. The van der Waals surface area contributed by atoms with Gasteiger partial charge in [-0.2, -0.15) is 5.10 Å². The van der Waals surface area contributed by atoms with Crippen molar-refractivity contribution in [3.05, 3.63) is 90.5 Å². The summed E-state index contributed by atoms with van der Waals surface area (Å²) in [6.45, 7) is 1.70. The van der Waals surface area contributed by atoms with Crippen LogP contribution in [0, 0.1) is 0 Å². The number of benzene rings is 3. The van der Waals surface area contributed by atoms with Gasteiger partial charge >= 0.3 is 0 Å². The third kappa shape index (κ3) is 6.91. The van der Waals surface area contributed by atoms with E-state index in [1.165, 1.54) is 0 Å². The zero-order valence-electron chi connectivity index (χ0n) is 16.8. The van der Waals surface area contributed by atoms with Crippen molar-refractivity contribution in [2.75, 3.05) is 10.6 Å². The fourth-order valence-electron chi connectivity index (χ4n) is 2.78. The molecule has 0 saturated carbocycles. The van der Waals surface area contributed by atoms with Gasteiger partial charge in [0.1, 0.15) is 0 Å². The first kappa shape index (κ1) is 20.8. The second-order valence-electron chi connectivity index (χ2n) is 6.84. The molecule has 6 nitrogen and oxygen atoms in total. The van der Waals surface area contributed by atoms with Crippen molar-refractivity contribution in [1.29, 1.82) is 0 Å². The Balaban J connectivity index is 1.45. The molecule has 0 aromatic heterocycles. The average Bonchev–Trinajstić information content (AvgIpc) is 2.75. The van der Waals surface area contributed by atoms with Crippen molar-refractivity contribution in [3.8, 4) is 0 Å². The summed E-state index contributed by atoms with van der Waals surface area (Å²) >= 11 is 0. The van der Waals surface area contributed by atoms with E-state index < -0.39 is 0 Å². The van der Waals surface area contributed by atoms with Gasteiger partial charge in [0.2, 0.25) is 11.8 Å². The van der Waals surface area contributed by atoms with E-state index in [4.69, 9.17) is 0 Å². The molecule has 0 atom stereocenters. The van der Waals surface area contributed by atoms with Crippen LogP contribution in [0.3, 0.4) is 0 Å². The summed E-state index contributed by atoms with van der Waals surface area (Å²) in [6.07, 6.45) is 0.336. The lowest BCUT2D eigenvalue weighted by Gasteiger charge is -2.09. The molecule has 3 N–H and O–H groups in total. The quantitative estimate of drug-likeness (QED) is 0.385. The molecule has 30 heavy (non-hydrogen) atoms. The monoisotopic (exact) mass is 400 g/mol. The fraction of sp³-hybridized carbons (Fsp3) is 0.125. The molecule has 3 rings (SSSR count). The molecule has 0 aliphatic heterocycles. The van der Waals surface area contributed by atoms with Crippen LogP contribution >= 0.6 is 0 Å². The summed E-state index contributed by atoms with van der Waals surface area (Å²) < 4.78 is 0. The summed E-state index contributed by atoms with van der Waals surface area (Å²) in [5.74, 6) is -0.417. The molecule has 0 aliphatic rings. The lowest BCUT2D eigenvalue weighted by atomic mass is 10.1. The highest BCUT2D eigenvalue weighted by molar-refractivity contribution is 6.05. The van der Waals surface area contributed by atoms with Crippen LogP contribution in [0.1, 0.15) is 18.9 Å². The Kier molecular flexibility index (Phi) is 7.33. The first-order valence-electron chi connectivity index (χ1n) is 9.66. The van der Waals surface area contributed by atoms with Gasteiger partial charge in [0.25, 0.3) is 0 Å². The predicted octanol–water partition coefficient (Wildman–Crippen LogP) is 4.49. The Morgan fingerprint density at radius 3 is 1.97 bits per heavy atom. The molecule has 152 valence electrons. The van der Waals surface area contributed by atoms with Gasteiger partial charge in [0.15, 0.2) is 0 Å². The highest BCUT2D eigenvalue weighted by Gasteiger charge is 2.06. The van der Waals surface area contributed by atoms with E-state index in [-0.39, 0.29) is 24.7 Å². The number of hydrogen-bond acceptors (Lipinski definition) is 4. The van der Waals surface area contributed by atoms with E-state index in [0.717, 1.165) is 16.9 Å². The Bertz CT molecular complexity index is 1000. The average molecular weight is 400 g/mol. The zero-order valence-corrected chi connectivity index (χ0v) is 16.8. The molecule has 2 amide bonds.